The number of nitrogens with zero attached hydrogens (tertiary/aromatic N) is 1. The SMILES string of the molecule is O=C(O)[C@@H]1CCN(C(=O)OCC2c3ccccc3-c3ccccc32)C[C@@H]1NC(=O)C(F)(F)F. The number of benzene rings is 2. The number of nitrogens with one attached hydrogen (secondary N) is 1. The summed E-state index contributed by atoms with van der Waals surface area (Å²) in [4.78, 5) is 36.6. The zero-order valence-corrected chi connectivity index (χ0v) is 17.3. The van der Waals surface area contributed by atoms with Crippen LogP contribution in [0.3, 0.4) is 0 Å². The fourth-order valence-electron chi connectivity index (χ4n) is 4.50. The molecule has 0 bridgehead atoms. The number of rotatable bonds is 4. The van der Waals surface area contributed by atoms with Crippen molar-refractivity contribution in [2.75, 3.05) is 19.7 Å². The number of carbonyl (C=O) groups excluding carboxylic acids is 2. The highest BCUT2D eigenvalue weighted by molar-refractivity contribution is 5.83. The van der Waals surface area contributed by atoms with Crippen LogP contribution in [0.2, 0.25) is 0 Å². The van der Waals surface area contributed by atoms with E-state index < -0.39 is 42.7 Å². The summed E-state index contributed by atoms with van der Waals surface area (Å²) in [5, 5.41) is 11.0. The van der Waals surface area contributed by atoms with Gasteiger partial charge in [-0.05, 0) is 28.7 Å². The second-order valence-electron chi connectivity index (χ2n) is 8.06. The van der Waals surface area contributed by atoms with Crippen LogP contribution in [-0.4, -0.2) is 59.9 Å². The minimum Gasteiger partial charge on any atom is -0.481 e. The van der Waals surface area contributed by atoms with Gasteiger partial charge in [-0.25, -0.2) is 4.79 Å². The maximum Gasteiger partial charge on any atom is 0.471 e. The summed E-state index contributed by atoms with van der Waals surface area (Å²) in [7, 11) is 0. The van der Waals surface area contributed by atoms with Crippen LogP contribution >= 0.6 is 0 Å². The molecule has 10 heteroatoms. The molecule has 0 radical (unpaired) electrons. The van der Waals surface area contributed by atoms with Gasteiger partial charge >= 0.3 is 24.1 Å². The average molecular weight is 462 g/mol. The normalized spacial score (nSPS) is 20.0. The number of alkyl halides is 3. The molecule has 2 aromatic rings. The van der Waals surface area contributed by atoms with Gasteiger partial charge in [-0.2, -0.15) is 13.2 Å². The molecule has 0 aromatic heterocycles. The molecule has 4 rings (SSSR count). The second-order valence-corrected chi connectivity index (χ2v) is 8.06. The molecule has 0 saturated carbocycles. The summed E-state index contributed by atoms with van der Waals surface area (Å²) in [5.74, 6) is -5.02. The Balaban J connectivity index is 1.45. The molecule has 1 heterocycles. The number of amides is 2. The number of carbonyl (C=O) groups is 3. The number of halogens is 3. The van der Waals surface area contributed by atoms with E-state index in [1.165, 1.54) is 0 Å². The lowest BCUT2D eigenvalue weighted by Crippen LogP contribution is -2.58. The van der Waals surface area contributed by atoms with Crippen LogP contribution in [0.25, 0.3) is 11.1 Å². The molecule has 1 fully saturated rings. The third-order valence-electron chi connectivity index (χ3n) is 6.10. The third-order valence-corrected chi connectivity index (χ3v) is 6.10. The Morgan fingerprint density at radius 2 is 1.61 bits per heavy atom. The highest BCUT2D eigenvalue weighted by Crippen LogP contribution is 2.44. The Bertz CT molecular complexity index is 1040. The first kappa shape index (κ1) is 22.6. The van der Waals surface area contributed by atoms with Gasteiger partial charge in [-0.3, -0.25) is 9.59 Å². The van der Waals surface area contributed by atoms with Crippen molar-refractivity contribution < 1.29 is 37.4 Å². The zero-order valence-electron chi connectivity index (χ0n) is 17.3. The molecule has 2 atom stereocenters. The Hall–Kier alpha value is -3.56. The molecule has 2 aromatic carbocycles. The van der Waals surface area contributed by atoms with Gasteiger partial charge in [0.15, 0.2) is 0 Å². The number of piperidine rings is 1. The molecule has 2 N–H and O–H groups in total. The number of hydrogen-bond acceptors (Lipinski definition) is 4. The van der Waals surface area contributed by atoms with Crippen LogP contribution < -0.4 is 5.32 Å². The van der Waals surface area contributed by atoms with Gasteiger partial charge in [0, 0.05) is 19.0 Å². The maximum atomic E-state index is 12.7. The molecule has 33 heavy (non-hydrogen) atoms. The zero-order chi connectivity index (χ0) is 23.8. The molecule has 1 saturated heterocycles. The number of aliphatic carboxylic acids is 1. The van der Waals surface area contributed by atoms with Crippen molar-refractivity contribution in [2.24, 2.45) is 5.92 Å². The lowest BCUT2D eigenvalue weighted by molar-refractivity contribution is -0.175. The molecule has 1 aliphatic heterocycles. The Morgan fingerprint density at radius 1 is 1.03 bits per heavy atom. The largest absolute Gasteiger partial charge is 0.481 e. The summed E-state index contributed by atoms with van der Waals surface area (Å²) in [6.45, 7) is -0.382. The smallest absolute Gasteiger partial charge is 0.471 e. The van der Waals surface area contributed by atoms with Crippen LogP contribution in [0.5, 0.6) is 0 Å². The molecule has 7 nitrogen and oxygen atoms in total. The molecule has 2 aliphatic rings. The molecule has 2 amide bonds. The van der Waals surface area contributed by atoms with E-state index in [1.54, 1.807) is 5.32 Å². The molecule has 0 spiro atoms. The molecule has 174 valence electrons. The first-order chi connectivity index (χ1) is 15.7. The number of fused-ring (bicyclic) bond motifs is 3. The fourth-order valence-corrected chi connectivity index (χ4v) is 4.50. The minimum atomic E-state index is -5.16. The van der Waals surface area contributed by atoms with Gasteiger partial charge in [0.25, 0.3) is 0 Å². The number of carboxylic acids is 1. The van der Waals surface area contributed by atoms with E-state index in [9.17, 15) is 32.7 Å². The quantitative estimate of drug-likeness (QED) is 0.726. The molecule has 0 unspecified atom stereocenters. The van der Waals surface area contributed by atoms with Gasteiger partial charge in [0.2, 0.25) is 0 Å². The predicted octanol–water partition coefficient (Wildman–Crippen LogP) is 3.39. The van der Waals surface area contributed by atoms with Crippen molar-refractivity contribution in [3.63, 3.8) is 0 Å². The van der Waals surface area contributed by atoms with Crippen molar-refractivity contribution in [3.05, 3.63) is 59.7 Å². The van der Waals surface area contributed by atoms with Crippen LogP contribution in [0.15, 0.2) is 48.5 Å². The van der Waals surface area contributed by atoms with E-state index >= 15 is 0 Å². The van der Waals surface area contributed by atoms with Gasteiger partial charge in [0.1, 0.15) is 6.61 Å². The van der Waals surface area contributed by atoms with Crippen LogP contribution in [0.4, 0.5) is 18.0 Å². The second kappa shape index (κ2) is 8.76. The highest BCUT2D eigenvalue weighted by Gasteiger charge is 2.44. The van der Waals surface area contributed by atoms with Crippen LogP contribution in [-0.2, 0) is 14.3 Å². The van der Waals surface area contributed by atoms with Crippen molar-refractivity contribution in [3.8, 4) is 11.1 Å². The van der Waals surface area contributed by atoms with E-state index in [1.807, 2.05) is 48.5 Å². The first-order valence-electron chi connectivity index (χ1n) is 10.4. The Morgan fingerprint density at radius 3 is 2.15 bits per heavy atom. The topological polar surface area (TPSA) is 95.9 Å². The summed E-state index contributed by atoms with van der Waals surface area (Å²) in [5.41, 5.74) is 4.11. The Labute approximate surface area is 187 Å². The van der Waals surface area contributed by atoms with Gasteiger partial charge in [0.05, 0.1) is 12.0 Å². The monoisotopic (exact) mass is 462 g/mol. The van der Waals surface area contributed by atoms with Crippen LogP contribution in [0.1, 0.15) is 23.5 Å². The van der Waals surface area contributed by atoms with E-state index in [2.05, 4.69) is 0 Å². The Kier molecular flexibility index (Phi) is 6.01. The molecule has 1 aliphatic carbocycles. The first-order valence-corrected chi connectivity index (χ1v) is 10.4. The van der Waals surface area contributed by atoms with Crippen molar-refractivity contribution in [1.82, 2.24) is 10.2 Å². The predicted molar refractivity (Wildman–Crippen MR) is 110 cm³/mol. The third kappa shape index (κ3) is 4.50. The summed E-state index contributed by atoms with van der Waals surface area (Å²) in [6.07, 6.45) is -6.04. The minimum absolute atomic E-state index is 0.00791. The van der Waals surface area contributed by atoms with E-state index in [0.29, 0.717) is 0 Å². The lowest BCUT2D eigenvalue weighted by Gasteiger charge is -2.36. The van der Waals surface area contributed by atoms with E-state index in [0.717, 1.165) is 27.2 Å². The van der Waals surface area contributed by atoms with E-state index in [-0.39, 0.29) is 25.5 Å². The molecular weight excluding hydrogens is 441 g/mol. The summed E-state index contributed by atoms with van der Waals surface area (Å²) in [6, 6.07) is 14.1. The number of ether oxygens (including phenoxy) is 1. The van der Waals surface area contributed by atoms with Crippen LogP contribution in [0, 0.1) is 5.92 Å². The van der Waals surface area contributed by atoms with Crippen molar-refractivity contribution in [1.29, 1.82) is 0 Å². The standard InChI is InChI=1S/C23H21F3N2O5/c24-23(25,26)21(31)27-19-11-28(10-9-17(19)20(29)30)22(32)33-12-18-15-7-3-1-5-13(15)14-6-2-4-8-16(14)18/h1-8,17-19H,9-12H2,(H,27,31)(H,29,30)/t17-,19+/m1/s1. The average Bonchev–Trinajstić information content (AvgIpc) is 3.10. The number of carboxylic acid groups (broad SMARTS) is 1. The van der Waals surface area contributed by atoms with Crippen molar-refractivity contribution in [2.45, 2.75) is 24.6 Å². The maximum absolute atomic E-state index is 12.7. The number of likely N-dealkylation sites (tertiary alicyclic amines) is 1. The highest BCUT2D eigenvalue weighted by atomic mass is 19.4. The lowest BCUT2D eigenvalue weighted by atomic mass is 9.91. The van der Waals surface area contributed by atoms with E-state index in [4.69, 9.17) is 4.74 Å². The van der Waals surface area contributed by atoms with Gasteiger partial charge in [-0.15, -0.1) is 0 Å². The fraction of sp³-hybridized carbons (Fsp3) is 0.348. The summed E-state index contributed by atoms with van der Waals surface area (Å²) < 4.78 is 43.5. The number of hydrogen-bond donors (Lipinski definition) is 2. The van der Waals surface area contributed by atoms with Gasteiger partial charge < -0.3 is 20.1 Å². The van der Waals surface area contributed by atoms with Gasteiger partial charge in [-0.1, -0.05) is 48.5 Å². The van der Waals surface area contributed by atoms with Crippen molar-refractivity contribution >= 4 is 18.0 Å². The summed E-state index contributed by atoms with van der Waals surface area (Å²) >= 11 is 0. The molecular formula is C23H21F3N2O5.